The lowest BCUT2D eigenvalue weighted by atomic mass is 9.85. The zero-order valence-corrected chi connectivity index (χ0v) is 10.1. The van der Waals surface area contributed by atoms with Crippen molar-refractivity contribution in [2.75, 3.05) is 19.8 Å². The molecule has 1 aromatic carbocycles. The minimum atomic E-state index is 0.659. The van der Waals surface area contributed by atoms with Crippen molar-refractivity contribution >= 4 is 0 Å². The van der Waals surface area contributed by atoms with Crippen molar-refractivity contribution in [3.05, 3.63) is 23.8 Å². The monoisotopic (exact) mass is 233 g/mol. The molecular formula is C14H19NO2. The van der Waals surface area contributed by atoms with Crippen LogP contribution in [0.2, 0.25) is 0 Å². The molecule has 1 saturated carbocycles. The number of hydrogen-bond acceptors (Lipinski definition) is 3. The third-order valence-electron chi connectivity index (χ3n) is 3.62. The van der Waals surface area contributed by atoms with Crippen molar-refractivity contribution in [3.63, 3.8) is 0 Å². The summed E-state index contributed by atoms with van der Waals surface area (Å²) in [5.74, 6) is 2.71. The molecule has 0 amide bonds. The zero-order valence-electron chi connectivity index (χ0n) is 10.1. The normalized spacial score (nSPS) is 18.8. The van der Waals surface area contributed by atoms with Crippen LogP contribution in [0.4, 0.5) is 0 Å². The lowest BCUT2D eigenvalue weighted by Gasteiger charge is -2.26. The van der Waals surface area contributed by atoms with Gasteiger partial charge in [-0.25, -0.2) is 0 Å². The molecule has 3 heteroatoms. The molecule has 3 nitrogen and oxygen atoms in total. The first-order chi connectivity index (χ1) is 8.43. The van der Waals surface area contributed by atoms with Crippen LogP contribution in [-0.2, 0) is 6.54 Å². The molecule has 0 atom stereocenters. The number of benzene rings is 1. The van der Waals surface area contributed by atoms with Crippen molar-refractivity contribution < 1.29 is 9.47 Å². The van der Waals surface area contributed by atoms with Gasteiger partial charge in [0.15, 0.2) is 11.5 Å². The van der Waals surface area contributed by atoms with E-state index in [2.05, 4.69) is 11.4 Å². The zero-order chi connectivity index (χ0) is 11.5. The second kappa shape index (κ2) is 4.96. The van der Waals surface area contributed by atoms with Gasteiger partial charge in [0, 0.05) is 12.1 Å². The largest absolute Gasteiger partial charge is 0.486 e. The van der Waals surface area contributed by atoms with E-state index in [0.717, 1.165) is 30.5 Å². The van der Waals surface area contributed by atoms with Gasteiger partial charge in [0.2, 0.25) is 0 Å². The summed E-state index contributed by atoms with van der Waals surface area (Å²) in [6.07, 6.45) is 4.18. The summed E-state index contributed by atoms with van der Waals surface area (Å²) in [7, 11) is 0. The summed E-state index contributed by atoms with van der Waals surface area (Å²) in [5, 5.41) is 3.52. The predicted octanol–water partition coefficient (Wildman–Crippen LogP) is 2.35. The molecule has 1 fully saturated rings. The van der Waals surface area contributed by atoms with Crippen LogP contribution in [0.15, 0.2) is 18.2 Å². The highest BCUT2D eigenvalue weighted by Gasteiger charge is 2.18. The molecule has 1 aliphatic heterocycles. The molecule has 92 valence electrons. The fourth-order valence-corrected chi connectivity index (χ4v) is 2.38. The Labute approximate surface area is 102 Å². The minimum absolute atomic E-state index is 0.659. The molecule has 1 aliphatic carbocycles. The molecule has 3 rings (SSSR count). The Bertz CT molecular complexity index is 388. The van der Waals surface area contributed by atoms with E-state index in [9.17, 15) is 0 Å². The van der Waals surface area contributed by atoms with Crippen LogP contribution in [0, 0.1) is 5.92 Å². The van der Waals surface area contributed by atoms with Crippen LogP contribution in [0.1, 0.15) is 24.8 Å². The van der Waals surface area contributed by atoms with Crippen molar-refractivity contribution in [1.29, 1.82) is 0 Å². The second-order valence-corrected chi connectivity index (χ2v) is 4.87. The molecule has 1 N–H and O–H groups in total. The lowest BCUT2D eigenvalue weighted by molar-refractivity contribution is 0.169. The standard InChI is InChI=1S/C14H19NO2/c1-3-11(4-1)9-15-10-12-5-2-6-13-14(12)17-8-7-16-13/h2,5-6,11,15H,1,3-4,7-10H2. The van der Waals surface area contributed by atoms with Gasteiger partial charge in [0.1, 0.15) is 13.2 Å². The number of fused-ring (bicyclic) bond motifs is 1. The summed E-state index contributed by atoms with van der Waals surface area (Å²) in [6, 6.07) is 6.12. The second-order valence-electron chi connectivity index (χ2n) is 4.87. The molecule has 0 spiro atoms. The van der Waals surface area contributed by atoms with Gasteiger partial charge < -0.3 is 14.8 Å². The van der Waals surface area contributed by atoms with Crippen LogP contribution in [0.25, 0.3) is 0 Å². The molecule has 17 heavy (non-hydrogen) atoms. The Balaban J connectivity index is 1.61. The number of hydrogen-bond donors (Lipinski definition) is 1. The summed E-state index contributed by atoms with van der Waals surface area (Å²) < 4.78 is 11.3. The summed E-state index contributed by atoms with van der Waals surface area (Å²) >= 11 is 0. The summed E-state index contributed by atoms with van der Waals surface area (Å²) in [5.41, 5.74) is 1.21. The van der Waals surface area contributed by atoms with E-state index >= 15 is 0 Å². The van der Waals surface area contributed by atoms with Gasteiger partial charge in [-0.3, -0.25) is 0 Å². The Morgan fingerprint density at radius 3 is 2.88 bits per heavy atom. The third kappa shape index (κ3) is 2.39. The van der Waals surface area contributed by atoms with Gasteiger partial charge in [0.25, 0.3) is 0 Å². The summed E-state index contributed by atoms with van der Waals surface area (Å²) in [4.78, 5) is 0. The number of nitrogens with one attached hydrogen (secondary N) is 1. The molecule has 0 radical (unpaired) electrons. The maximum Gasteiger partial charge on any atom is 0.165 e. The van der Waals surface area contributed by atoms with E-state index in [4.69, 9.17) is 9.47 Å². The topological polar surface area (TPSA) is 30.5 Å². The average molecular weight is 233 g/mol. The highest BCUT2D eigenvalue weighted by molar-refractivity contribution is 5.47. The molecule has 2 aliphatic rings. The first kappa shape index (κ1) is 10.9. The van der Waals surface area contributed by atoms with E-state index in [1.807, 2.05) is 12.1 Å². The van der Waals surface area contributed by atoms with E-state index in [1.54, 1.807) is 0 Å². The fraction of sp³-hybridized carbons (Fsp3) is 0.571. The quantitative estimate of drug-likeness (QED) is 0.866. The van der Waals surface area contributed by atoms with E-state index < -0.39 is 0 Å². The highest BCUT2D eigenvalue weighted by Crippen LogP contribution is 2.33. The smallest absolute Gasteiger partial charge is 0.165 e. The van der Waals surface area contributed by atoms with Gasteiger partial charge in [-0.05, 0) is 31.4 Å². The van der Waals surface area contributed by atoms with Crippen LogP contribution < -0.4 is 14.8 Å². The molecule has 0 unspecified atom stereocenters. The SMILES string of the molecule is c1cc(CNCC2CCC2)c2c(c1)OCCO2. The van der Waals surface area contributed by atoms with Crippen molar-refractivity contribution in [2.45, 2.75) is 25.8 Å². The van der Waals surface area contributed by atoms with Crippen molar-refractivity contribution in [1.82, 2.24) is 5.32 Å². The number of rotatable bonds is 4. The highest BCUT2D eigenvalue weighted by atomic mass is 16.6. The van der Waals surface area contributed by atoms with Crippen LogP contribution in [0.5, 0.6) is 11.5 Å². The molecule has 1 aromatic rings. The van der Waals surface area contributed by atoms with Gasteiger partial charge in [-0.2, -0.15) is 0 Å². The molecule has 0 bridgehead atoms. The Morgan fingerprint density at radius 2 is 2.06 bits per heavy atom. The van der Waals surface area contributed by atoms with Crippen LogP contribution in [-0.4, -0.2) is 19.8 Å². The Morgan fingerprint density at radius 1 is 1.18 bits per heavy atom. The number of ether oxygens (including phenoxy) is 2. The van der Waals surface area contributed by atoms with Gasteiger partial charge in [0.05, 0.1) is 0 Å². The van der Waals surface area contributed by atoms with Gasteiger partial charge in [-0.1, -0.05) is 18.6 Å². The Kier molecular flexibility index (Phi) is 3.18. The van der Waals surface area contributed by atoms with E-state index in [-0.39, 0.29) is 0 Å². The lowest BCUT2D eigenvalue weighted by Crippen LogP contribution is -2.27. The predicted molar refractivity (Wildman–Crippen MR) is 66.5 cm³/mol. The van der Waals surface area contributed by atoms with Crippen molar-refractivity contribution in [3.8, 4) is 11.5 Å². The minimum Gasteiger partial charge on any atom is -0.486 e. The van der Waals surface area contributed by atoms with Gasteiger partial charge in [-0.15, -0.1) is 0 Å². The van der Waals surface area contributed by atoms with Crippen LogP contribution >= 0.6 is 0 Å². The first-order valence-corrected chi connectivity index (χ1v) is 6.52. The summed E-state index contributed by atoms with van der Waals surface area (Å²) in [6.45, 7) is 3.33. The molecule has 0 aromatic heterocycles. The van der Waals surface area contributed by atoms with Crippen molar-refractivity contribution in [2.24, 2.45) is 5.92 Å². The first-order valence-electron chi connectivity index (χ1n) is 6.52. The van der Waals surface area contributed by atoms with Crippen LogP contribution in [0.3, 0.4) is 0 Å². The molecule has 0 saturated heterocycles. The molecular weight excluding hydrogens is 214 g/mol. The maximum absolute atomic E-state index is 5.69. The van der Waals surface area contributed by atoms with E-state index in [1.165, 1.54) is 24.8 Å². The van der Waals surface area contributed by atoms with E-state index in [0.29, 0.717) is 13.2 Å². The average Bonchev–Trinajstić information content (AvgIpc) is 2.32. The number of para-hydroxylation sites is 1. The fourth-order valence-electron chi connectivity index (χ4n) is 2.38. The molecule has 1 heterocycles. The Hall–Kier alpha value is -1.22. The maximum atomic E-state index is 5.69. The third-order valence-corrected chi connectivity index (χ3v) is 3.62. The van der Waals surface area contributed by atoms with Gasteiger partial charge >= 0.3 is 0 Å².